The molecular weight excluding hydrogens is 371 g/mol. The second kappa shape index (κ2) is 6.05. The van der Waals surface area contributed by atoms with E-state index in [1.54, 1.807) is 6.07 Å². The molecule has 0 bridgehead atoms. The van der Waals surface area contributed by atoms with E-state index >= 15 is 0 Å². The van der Waals surface area contributed by atoms with Crippen molar-refractivity contribution >= 4 is 39.0 Å². The fraction of sp³-hybridized carbons (Fsp3) is 0.0625. The fourth-order valence-corrected chi connectivity index (χ4v) is 4.02. The van der Waals surface area contributed by atoms with Crippen LogP contribution in [-0.4, -0.2) is 30.8 Å². The van der Waals surface area contributed by atoms with Crippen molar-refractivity contribution in [3.05, 3.63) is 64.6 Å². The van der Waals surface area contributed by atoms with Crippen LogP contribution in [0.25, 0.3) is 5.76 Å². The Balaban J connectivity index is 2.06. The van der Waals surface area contributed by atoms with Crippen molar-refractivity contribution in [3.8, 4) is 0 Å². The van der Waals surface area contributed by atoms with Gasteiger partial charge in [0, 0.05) is 18.3 Å². The Morgan fingerprint density at radius 1 is 1.24 bits per heavy atom. The third-order valence-corrected chi connectivity index (χ3v) is 5.82. The highest BCUT2D eigenvalue weighted by atomic mass is 35.5. The smallest absolute Gasteiger partial charge is 0.276 e. The number of fused-ring (bicyclic) bond motifs is 1. The van der Waals surface area contributed by atoms with E-state index in [9.17, 15) is 22.7 Å². The first kappa shape index (κ1) is 17.2. The first-order chi connectivity index (χ1) is 11.7. The molecule has 0 unspecified atom stereocenters. The van der Waals surface area contributed by atoms with E-state index in [0.717, 1.165) is 13.1 Å². The Hall–Kier alpha value is -2.58. The molecule has 3 rings (SSSR count). The Labute approximate surface area is 148 Å². The summed E-state index contributed by atoms with van der Waals surface area (Å²) in [5, 5.41) is 12.6. The number of hydrogen-bond acceptors (Lipinski definition) is 4. The SMILES string of the molecule is CN1C(C(=O)Nc2ccc(F)c(Cl)c2)=C(O)c2ccccc2S1(=O)=O. The summed E-state index contributed by atoms with van der Waals surface area (Å²) in [6, 6.07) is 9.31. The lowest BCUT2D eigenvalue weighted by molar-refractivity contribution is -0.113. The summed E-state index contributed by atoms with van der Waals surface area (Å²) < 4.78 is 39.0. The largest absolute Gasteiger partial charge is 0.505 e. The third kappa shape index (κ3) is 2.83. The number of hydrogen-bond donors (Lipinski definition) is 2. The van der Waals surface area contributed by atoms with E-state index in [2.05, 4.69) is 5.32 Å². The maximum Gasteiger partial charge on any atom is 0.276 e. The molecule has 130 valence electrons. The van der Waals surface area contributed by atoms with E-state index in [1.807, 2.05) is 0 Å². The van der Waals surface area contributed by atoms with Crippen LogP contribution in [0.1, 0.15) is 5.56 Å². The van der Waals surface area contributed by atoms with Crippen LogP contribution in [0, 0.1) is 5.82 Å². The number of likely N-dealkylation sites (N-methyl/N-ethyl adjacent to an activating group) is 1. The molecule has 1 amide bonds. The predicted molar refractivity (Wildman–Crippen MR) is 91.0 cm³/mol. The van der Waals surface area contributed by atoms with Gasteiger partial charge in [0.15, 0.2) is 11.5 Å². The van der Waals surface area contributed by atoms with Gasteiger partial charge in [-0.05, 0) is 30.3 Å². The van der Waals surface area contributed by atoms with E-state index in [1.165, 1.54) is 30.3 Å². The van der Waals surface area contributed by atoms with Gasteiger partial charge in [-0.3, -0.25) is 9.10 Å². The number of aliphatic hydroxyl groups is 1. The second-order valence-corrected chi connectivity index (χ2v) is 7.59. The molecule has 1 aliphatic heterocycles. The van der Waals surface area contributed by atoms with Crippen molar-refractivity contribution in [2.75, 3.05) is 12.4 Å². The standard InChI is InChI=1S/C16H12ClFN2O4S/c1-20-14(16(22)19-9-6-7-12(18)11(17)8-9)15(21)10-4-2-3-5-13(10)25(20,23)24/h2-8,21H,1H3,(H,19,22). The van der Waals surface area contributed by atoms with Gasteiger partial charge in [0.25, 0.3) is 15.9 Å². The molecular formula is C16H12ClFN2O4S. The number of amides is 1. The Bertz CT molecular complexity index is 1020. The maximum absolute atomic E-state index is 13.2. The quantitative estimate of drug-likeness (QED) is 0.836. The van der Waals surface area contributed by atoms with Gasteiger partial charge in [0.1, 0.15) is 5.82 Å². The highest BCUT2D eigenvalue weighted by Crippen LogP contribution is 2.34. The predicted octanol–water partition coefficient (Wildman–Crippen LogP) is 2.98. The third-order valence-electron chi connectivity index (χ3n) is 3.71. The summed E-state index contributed by atoms with van der Waals surface area (Å²) in [5.74, 6) is -2.01. The minimum absolute atomic E-state index is 0.0305. The van der Waals surface area contributed by atoms with Crippen LogP contribution < -0.4 is 5.32 Å². The summed E-state index contributed by atoms with van der Waals surface area (Å²) in [5.41, 5.74) is -0.261. The Kier molecular flexibility index (Phi) is 4.18. The van der Waals surface area contributed by atoms with Crippen molar-refractivity contribution in [2.45, 2.75) is 4.90 Å². The fourth-order valence-electron chi connectivity index (χ4n) is 2.45. The Morgan fingerprint density at radius 2 is 1.92 bits per heavy atom. The number of carbonyl (C=O) groups excluding carboxylic acids is 1. The van der Waals surface area contributed by atoms with Gasteiger partial charge in [0.2, 0.25) is 0 Å². The van der Waals surface area contributed by atoms with Gasteiger partial charge in [-0.2, -0.15) is 0 Å². The van der Waals surface area contributed by atoms with Crippen molar-refractivity contribution in [1.29, 1.82) is 0 Å². The minimum atomic E-state index is -3.99. The zero-order chi connectivity index (χ0) is 18.4. The minimum Gasteiger partial charge on any atom is -0.505 e. The lowest BCUT2D eigenvalue weighted by atomic mass is 10.1. The van der Waals surface area contributed by atoms with Gasteiger partial charge in [0.05, 0.1) is 9.92 Å². The van der Waals surface area contributed by atoms with Gasteiger partial charge >= 0.3 is 0 Å². The molecule has 25 heavy (non-hydrogen) atoms. The molecule has 2 aromatic rings. The molecule has 0 spiro atoms. The molecule has 0 atom stereocenters. The average Bonchev–Trinajstić information content (AvgIpc) is 2.57. The number of aliphatic hydroxyl groups excluding tert-OH is 1. The van der Waals surface area contributed by atoms with Crippen molar-refractivity contribution in [2.24, 2.45) is 0 Å². The number of rotatable bonds is 2. The first-order valence-electron chi connectivity index (χ1n) is 7.01. The van der Waals surface area contributed by atoms with E-state index < -0.39 is 33.2 Å². The van der Waals surface area contributed by atoms with Crippen molar-refractivity contribution in [1.82, 2.24) is 4.31 Å². The number of nitrogens with zero attached hydrogens (tertiary/aromatic N) is 1. The summed E-state index contributed by atoms with van der Waals surface area (Å²) in [7, 11) is -2.83. The van der Waals surface area contributed by atoms with Crippen LogP contribution >= 0.6 is 11.6 Å². The second-order valence-electron chi connectivity index (χ2n) is 5.25. The van der Waals surface area contributed by atoms with Crippen molar-refractivity contribution in [3.63, 3.8) is 0 Å². The zero-order valence-corrected chi connectivity index (χ0v) is 14.4. The lowest BCUT2D eigenvalue weighted by Gasteiger charge is -2.28. The number of sulfonamides is 1. The average molecular weight is 383 g/mol. The number of benzene rings is 2. The Morgan fingerprint density at radius 3 is 2.60 bits per heavy atom. The molecule has 1 heterocycles. The van der Waals surface area contributed by atoms with Crippen LogP contribution in [-0.2, 0) is 14.8 Å². The monoisotopic (exact) mass is 382 g/mol. The molecule has 0 saturated carbocycles. The van der Waals surface area contributed by atoms with Crippen LogP contribution in [0.2, 0.25) is 5.02 Å². The zero-order valence-electron chi connectivity index (χ0n) is 12.8. The molecule has 9 heteroatoms. The van der Waals surface area contributed by atoms with Crippen LogP contribution in [0.5, 0.6) is 0 Å². The highest BCUT2D eigenvalue weighted by Gasteiger charge is 2.37. The van der Waals surface area contributed by atoms with E-state index in [4.69, 9.17) is 11.6 Å². The number of anilines is 1. The molecule has 1 aliphatic rings. The summed E-state index contributed by atoms with van der Waals surface area (Å²) in [6.45, 7) is 0. The summed E-state index contributed by atoms with van der Waals surface area (Å²) in [4.78, 5) is 12.4. The van der Waals surface area contributed by atoms with Gasteiger partial charge in [-0.15, -0.1) is 0 Å². The molecule has 2 N–H and O–H groups in total. The lowest BCUT2D eigenvalue weighted by Crippen LogP contribution is -2.37. The summed E-state index contributed by atoms with van der Waals surface area (Å²) in [6.07, 6.45) is 0. The maximum atomic E-state index is 13.2. The highest BCUT2D eigenvalue weighted by molar-refractivity contribution is 7.89. The van der Waals surface area contributed by atoms with Gasteiger partial charge in [-0.1, -0.05) is 23.7 Å². The summed E-state index contributed by atoms with van der Waals surface area (Å²) >= 11 is 5.66. The number of carbonyl (C=O) groups is 1. The molecule has 2 aromatic carbocycles. The van der Waals surface area contributed by atoms with Crippen LogP contribution in [0.4, 0.5) is 10.1 Å². The molecule has 6 nitrogen and oxygen atoms in total. The number of halogens is 2. The first-order valence-corrected chi connectivity index (χ1v) is 8.83. The van der Waals surface area contributed by atoms with E-state index in [-0.39, 0.29) is 21.2 Å². The van der Waals surface area contributed by atoms with Crippen LogP contribution in [0.3, 0.4) is 0 Å². The molecule has 0 aliphatic carbocycles. The van der Waals surface area contributed by atoms with Crippen molar-refractivity contribution < 1.29 is 22.7 Å². The number of nitrogens with one attached hydrogen (secondary N) is 1. The van der Waals surface area contributed by atoms with Gasteiger partial charge < -0.3 is 10.4 Å². The normalized spacial score (nSPS) is 15.7. The topological polar surface area (TPSA) is 86.7 Å². The molecule has 0 radical (unpaired) electrons. The molecule has 0 aromatic heterocycles. The van der Waals surface area contributed by atoms with Crippen LogP contribution in [0.15, 0.2) is 53.1 Å². The van der Waals surface area contributed by atoms with Gasteiger partial charge in [-0.25, -0.2) is 12.8 Å². The van der Waals surface area contributed by atoms with E-state index in [0.29, 0.717) is 4.31 Å². The molecule has 0 saturated heterocycles. The molecule has 0 fully saturated rings.